The number of nitrogens with zero attached hydrogens (tertiary/aromatic N) is 1. The smallest absolute Gasteiger partial charge is 0.349 e. The lowest BCUT2D eigenvalue weighted by Crippen LogP contribution is -2.01. The van der Waals surface area contributed by atoms with Crippen LogP contribution in [-0.4, -0.2) is 17.6 Å². The van der Waals surface area contributed by atoms with E-state index >= 15 is 0 Å². The fourth-order valence-electron chi connectivity index (χ4n) is 1.38. The Hall–Kier alpha value is -1.82. The maximum atomic E-state index is 13.0. The van der Waals surface area contributed by atoms with Crippen molar-refractivity contribution in [3.8, 4) is 10.6 Å². The van der Waals surface area contributed by atoms with E-state index in [0.717, 1.165) is 29.5 Å². The lowest BCUT2D eigenvalue weighted by atomic mass is 10.2. The third-order valence-corrected chi connectivity index (χ3v) is 3.12. The Morgan fingerprint density at radius 1 is 1.33 bits per heavy atom. The van der Waals surface area contributed by atoms with Crippen LogP contribution in [0.1, 0.15) is 16.6 Å². The monoisotopic (exact) mass is 269 g/mol. The molecule has 2 aromatic rings. The highest BCUT2D eigenvalue weighted by Gasteiger charge is 2.13. The van der Waals surface area contributed by atoms with Gasteiger partial charge in [-0.1, -0.05) is 0 Å². The van der Waals surface area contributed by atoms with Crippen LogP contribution >= 0.6 is 11.3 Å². The number of esters is 1. The van der Waals surface area contributed by atoms with E-state index in [1.807, 2.05) is 0 Å². The molecule has 0 bridgehead atoms. The van der Waals surface area contributed by atoms with Gasteiger partial charge < -0.3 is 4.74 Å². The number of hydrogen-bond donors (Lipinski definition) is 0. The average molecular weight is 269 g/mol. The normalized spacial score (nSPS) is 10.4. The molecule has 0 amide bonds. The zero-order valence-electron chi connectivity index (χ0n) is 9.44. The van der Waals surface area contributed by atoms with E-state index in [0.29, 0.717) is 15.4 Å². The molecule has 0 aliphatic rings. The van der Waals surface area contributed by atoms with Gasteiger partial charge in [-0.3, -0.25) is 0 Å². The Bertz CT molecular complexity index is 563. The molecule has 1 aromatic heterocycles. The van der Waals surface area contributed by atoms with Gasteiger partial charge in [0.15, 0.2) is 0 Å². The molecule has 0 spiro atoms. The fourth-order valence-corrected chi connectivity index (χ4v) is 2.18. The minimum absolute atomic E-state index is 0.265. The molecule has 0 saturated heterocycles. The summed E-state index contributed by atoms with van der Waals surface area (Å²) in [6.45, 7) is 1.96. The summed E-state index contributed by atoms with van der Waals surface area (Å²) in [7, 11) is 0. The highest BCUT2D eigenvalue weighted by atomic mass is 32.1. The van der Waals surface area contributed by atoms with Crippen molar-refractivity contribution in [2.45, 2.75) is 6.92 Å². The van der Waals surface area contributed by atoms with Crippen LogP contribution in [0.4, 0.5) is 8.78 Å². The Morgan fingerprint density at radius 2 is 2.00 bits per heavy atom. The number of carbonyl (C=O) groups is 1. The Balaban J connectivity index is 2.32. The van der Waals surface area contributed by atoms with Crippen LogP contribution in [-0.2, 0) is 4.74 Å². The minimum atomic E-state index is -0.683. The largest absolute Gasteiger partial charge is 0.462 e. The third-order valence-electron chi connectivity index (χ3n) is 2.09. The molecule has 0 aliphatic carbocycles. The first-order valence-corrected chi connectivity index (χ1v) is 6.01. The molecule has 6 heteroatoms. The Kier molecular flexibility index (Phi) is 3.66. The van der Waals surface area contributed by atoms with Gasteiger partial charge in [0.25, 0.3) is 0 Å². The van der Waals surface area contributed by atoms with Crippen LogP contribution in [0, 0.1) is 11.6 Å². The first kappa shape index (κ1) is 12.6. The lowest BCUT2D eigenvalue weighted by molar-refractivity contribution is 0.0532. The second-order valence-electron chi connectivity index (χ2n) is 3.41. The summed E-state index contributed by atoms with van der Waals surface area (Å²) in [5.74, 6) is -1.85. The molecule has 0 unspecified atom stereocenters. The van der Waals surface area contributed by atoms with Crippen LogP contribution < -0.4 is 0 Å². The van der Waals surface area contributed by atoms with Crippen molar-refractivity contribution in [3.63, 3.8) is 0 Å². The molecule has 2 rings (SSSR count). The molecule has 0 atom stereocenters. The van der Waals surface area contributed by atoms with Crippen LogP contribution in [0.15, 0.2) is 24.4 Å². The van der Waals surface area contributed by atoms with Crippen LogP contribution in [0.2, 0.25) is 0 Å². The predicted molar refractivity (Wildman–Crippen MR) is 63.4 cm³/mol. The van der Waals surface area contributed by atoms with Crippen molar-refractivity contribution in [3.05, 3.63) is 40.9 Å². The molecule has 94 valence electrons. The highest BCUT2D eigenvalue weighted by molar-refractivity contribution is 7.16. The van der Waals surface area contributed by atoms with Crippen LogP contribution in [0.5, 0.6) is 0 Å². The van der Waals surface area contributed by atoms with E-state index in [1.54, 1.807) is 6.92 Å². The van der Waals surface area contributed by atoms with Crippen molar-refractivity contribution >= 4 is 17.3 Å². The van der Waals surface area contributed by atoms with Gasteiger partial charge in [-0.15, -0.1) is 11.3 Å². The molecular weight excluding hydrogens is 260 g/mol. The summed E-state index contributed by atoms with van der Waals surface area (Å²) in [4.78, 5) is 15.7. The number of halogens is 2. The van der Waals surface area contributed by atoms with Crippen molar-refractivity contribution in [2.75, 3.05) is 6.61 Å². The van der Waals surface area contributed by atoms with Gasteiger partial charge >= 0.3 is 5.97 Å². The number of rotatable bonds is 3. The number of ether oxygens (including phenoxy) is 1. The number of hydrogen-bond acceptors (Lipinski definition) is 4. The van der Waals surface area contributed by atoms with E-state index in [2.05, 4.69) is 4.98 Å². The van der Waals surface area contributed by atoms with E-state index in [1.165, 1.54) is 6.20 Å². The summed E-state index contributed by atoms with van der Waals surface area (Å²) in [5.41, 5.74) is 0.299. The summed E-state index contributed by atoms with van der Waals surface area (Å²) in [5, 5.41) is 0.372. The van der Waals surface area contributed by atoms with Crippen LogP contribution in [0.3, 0.4) is 0 Å². The molecular formula is C12H9F2NO2S. The summed E-state index contributed by atoms with van der Waals surface area (Å²) >= 11 is 1.03. The van der Waals surface area contributed by atoms with E-state index in [4.69, 9.17) is 4.74 Å². The average Bonchev–Trinajstić information content (AvgIpc) is 2.77. The maximum Gasteiger partial charge on any atom is 0.349 e. The van der Waals surface area contributed by atoms with Gasteiger partial charge in [-0.25, -0.2) is 18.6 Å². The summed E-state index contributed by atoms with van der Waals surface area (Å²) in [6, 6.07) is 3.11. The Labute approximate surface area is 106 Å². The topological polar surface area (TPSA) is 39.2 Å². The number of aromatic nitrogens is 1. The summed E-state index contributed by atoms with van der Waals surface area (Å²) < 4.78 is 30.9. The van der Waals surface area contributed by atoms with Gasteiger partial charge in [0, 0.05) is 11.6 Å². The minimum Gasteiger partial charge on any atom is -0.462 e. The molecule has 0 fully saturated rings. The van der Waals surface area contributed by atoms with Crippen molar-refractivity contribution in [1.82, 2.24) is 4.98 Å². The first-order chi connectivity index (χ1) is 8.60. The van der Waals surface area contributed by atoms with Gasteiger partial charge in [-0.05, 0) is 19.1 Å². The van der Waals surface area contributed by atoms with Crippen molar-refractivity contribution in [1.29, 1.82) is 0 Å². The zero-order valence-corrected chi connectivity index (χ0v) is 10.3. The lowest BCUT2D eigenvalue weighted by Gasteiger charge is -1.98. The number of carbonyl (C=O) groups excluding carboxylic acids is 1. The number of thiazole rings is 1. The first-order valence-electron chi connectivity index (χ1n) is 5.19. The highest BCUT2D eigenvalue weighted by Crippen LogP contribution is 2.26. The molecule has 3 nitrogen and oxygen atoms in total. The molecule has 0 saturated carbocycles. The predicted octanol–water partition coefficient (Wildman–Crippen LogP) is 3.27. The van der Waals surface area contributed by atoms with Gasteiger partial charge in [-0.2, -0.15) is 0 Å². The SMILES string of the molecule is CCOC(=O)c1cnc(-c2cc(F)cc(F)c2)s1. The van der Waals surface area contributed by atoms with Crippen molar-refractivity contribution in [2.24, 2.45) is 0 Å². The van der Waals surface area contributed by atoms with Gasteiger partial charge in [0.05, 0.1) is 12.8 Å². The maximum absolute atomic E-state index is 13.0. The molecule has 1 heterocycles. The quantitative estimate of drug-likeness (QED) is 0.803. The fraction of sp³-hybridized carbons (Fsp3) is 0.167. The molecule has 0 N–H and O–H groups in total. The molecule has 18 heavy (non-hydrogen) atoms. The second-order valence-corrected chi connectivity index (χ2v) is 4.44. The molecule has 0 radical (unpaired) electrons. The molecule has 0 aliphatic heterocycles. The number of benzene rings is 1. The summed E-state index contributed by atoms with van der Waals surface area (Å²) in [6.07, 6.45) is 1.33. The standard InChI is InChI=1S/C12H9F2NO2S/c1-2-17-12(16)10-6-15-11(18-10)7-3-8(13)5-9(14)4-7/h3-6H,2H2,1H3. The Morgan fingerprint density at radius 3 is 2.61 bits per heavy atom. The second kappa shape index (κ2) is 5.22. The third kappa shape index (κ3) is 2.70. The van der Waals surface area contributed by atoms with E-state index < -0.39 is 17.6 Å². The molecule has 1 aromatic carbocycles. The van der Waals surface area contributed by atoms with E-state index in [-0.39, 0.29) is 6.61 Å². The van der Waals surface area contributed by atoms with Crippen LogP contribution in [0.25, 0.3) is 10.6 Å². The van der Waals surface area contributed by atoms with Gasteiger partial charge in [0.1, 0.15) is 21.5 Å². The van der Waals surface area contributed by atoms with Gasteiger partial charge in [0.2, 0.25) is 0 Å². The van der Waals surface area contributed by atoms with Crippen molar-refractivity contribution < 1.29 is 18.3 Å². The van der Waals surface area contributed by atoms with E-state index in [9.17, 15) is 13.6 Å². The zero-order chi connectivity index (χ0) is 13.1.